The van der Waals surface area contributed by atoms with E-state index in [1.54, 1.807) is 0 Å². The van der Waals surface area contributed by atoms with Gasteiger partial charge < -0.3 is 20.1 Å². The van der Waals surface area contributed by atoms with Crippen molar-refractivity contribution in [1.82, 2.24) is 0 Å². The summed E-state index contributed by atoms with van der Waals surface area (Å²) in [7, 11) is 0. The number of nitrogens with zero attached hydrogens (tertiary/aromatic N) is 9. The van der Waals surface area contributed by atoms with Crippen molar-refractivity contribution >= 4 is 5.97 Å². The molecule has 0 aliphatic heterocycles. The summed E-state index contributed by atoms with van der Waals surface area (Å²) in [5.74, 6) is -4.39. The van der Waals surface area contributed by atoms with Crippen molar-refractivity contribution in [2.45, 2.75) is 5.79 Å². The van der Waals surface area contributed by atoms with E-state index in [4.69, 9.17) is 31.9 Å². The summed E-state index contributed by atoms with van der Waals surface area (Å²) in [5, 5.41) is 35.5. The molecule has 3 N–H and O–H groups in total. The lowest BCUT2D eigenvalue weighted by atomic mass is 9.93. The highest BCUT2D eigenvalue weighted by Crippen LogP contribution is 2.22. The molecule has 0 aliphatic carbocycles. The van der Waals surface area contributed by atoms with E-state index in [1.165, 1.54) is 0 Å². The fraction of sp³-hybridized carbons (Fsp3) is 0.857. The molecule has 0 spiro atoms. The van der Waals surface area contributed by atoms with Gasteiger partial charge in [-0.2, -0.15) is 0 Å². The van der Waals surface area contributed by atoms with Crippen molar-refractivity contribution in [3.63, 3.8) is 0 Å². The molecule has 0 aromatic carbocycles. The zero-order valence-electron chi connectivity index (χ0n) is 10.5. The Hall–Kier alpha value is -2.72. The molecule has 0 aromatic heterocycles. The minimum absolute atomic E-state index is 0.708. The smallest absolute Gasteiger partial charge is 0.330 e. The number of azide groups is 1. The first-order valence-electron chi connectivity index (χ1n) is 5.18. The summed E-state index contributed by atoms with van der Waals surface area (Å²) in [6, 6.07) is 0. The monoisotopic (exact) mass is 301 g/mol. The predicted octanol–water partition coefficient (Wildman–Crippen LogP) is 0.0776. The molecule has 0 fully saturated rings. The topological polar surface area (TPSA) is 233 Å². The number of carbonyl (C=O) groups excluding carboxylic acids is 1. The molecule has 21 heavy (non-hydrogen) atoms. The Morgan fingerprint density at radius 3 is 1.62 bits per heavy atom. The number of esters is 1. The van der Waals surface area contributed by atoms with Gasteiger partial charge in [-0.05, 0) is 16.6 Å². The number of hydrogen-bond donors (Lipinski definition) is 3. The number of ether oxygens (including phenoxy) is 1. The Morgan fingerprint density at radius 1 is 0.952 bits per heavy atom. The minimum Gasteiger partial charge on any atom is -0.464 e. The van der Waals surface area contributed by atoms with Crippen LogP contribution in [-0.4, -0.2) is 53.5 Å². The van der Waals surface area contributed by atoms with E-state index in [1.807, 2.05) is 0 Å². The first kappa shape index (κ1) is 18.3. The van der Waals surface area contributed by atoms with Gasteiger partial charge >= 0.3 is 5.97 Å². The third-order valence-electron chi connectivity index (χ3n) is 2.34. The predicted molar refractivity (Wildman–Crippen MR) is 64.8 cm³/mol. The second-order valence-corrected chi connectivity index (χ2v) is 3.75. The Labute approximate surface area is 116 Å². The molecule has 0 saturated carbocycles. The first-order chi connectivity index (χ1) is 9.99. The normalized spacial score (nSPS) is 12.9. The van der Waals surface area contributed by atoms with Crippen LogP contribution in [0.2, 0.25) is 0 Å². The van der Waals surface area contributed by atoms with Crippen molar-refractivity contribution in [2.24, 2.45) is 20.8 Å². The molecule has 0 amide bonds. The summed E-state index contributed by atoms with van der Waals surface area (Å²) < 4.78 is 4.59. The molecule has 0 aliphatic rings. The minimum atomic E-state index is -2.86. The lowest BCUT2D eigenvalue weighted by Crippen LogP contribution is -2.42. The highest BCUT2D eigenvalue weighted by molar-refractivity contribution is 5.80. The van der Waals surface area contributed by atoms with Gasteiger partial charge in [0.25, 0.3) is 5.79 Å². The molecule has 0 rings (SSSR count). The molecule has 0 saturated heterocycles. The molecule has 114 valence electrons. The Morgan fingerprint density at radius 2 is 1.33 bits per heavy atom. The van der Waals surface area contributed by atoms with Crippen molar-refractivity contribution in [2.75, 3.05) is 26.4 Å². The Kier molecular flexibility index (Phi) is 7.36. The third kappa shape index (κ3) is 4.40. The maximum atomic E-state index is 11.8. The van der Waals surface area contributed by atoms with Crippen LogP contribution in [0.15, 0.2) is 15.3 Å². The Bertz CT molecular complexity index is 459. The summed E-state index contributed by atoms with van der Waals surface area (Å²) in [5.41, 5.74) is 23.4. The molecule has 0 bridgehead atoms. The molecule has 0 atom stereocenters. The molecule has 0 unspecified atom stereocenters. The van der Waals surface area contributed by atoms with Crippen molar-refractivity contribution < 1.29 is 24.9 Å². The Balaban J connectivity index is 5.39. The van der Waals surface area contributed by atoms with Crippen LogP contribution in [0.4, 0.5) is 0 Å². The molecule has 14 nitrogen and oxygen atoms in total. The lowest BCUT2D eigenvalue weighted by molar-refractivity contribution is -0.157. The van der Waals surface area contributed by atoms with Gasteiger partial charge in [0, 0.05) is 14.7 Å². The highest BCUT2D eigenvalue weighted by atomic mass is 16.5. The molecule has 0 heterocycles. The van der Waals surface area contributed by atoms with E-state index < -0.39 is 43.6 Å². The maximum absolute atomic E-state index is 11.8. The molecule has 0 radical (unpaired) electrons. The molecular weight excluding hydrogens is 290 g/mol. The van der Waals surface area contributed by atoms with Gasteiger partial charge in [-0.25, -0.2) is 0 Å². The van der Waals surface area contributed by atoms with Gasteiger partial charge in [-0.1, -0.05) is 15.3 Å². The van der Waals surface area contributed by atoms with E-state index >= 15 is 0 Å². The zero-order valence-corrected chi connectivity index (χ0v) is 10.5. The average molecular weight is 301 g/mol. The van der Waals surface area contributed by atoms with Crippen LogP contribution in [0.3, 0.4) is 0 Å². The van der Waals surface area contributed by atoms with Crippen molar-refractivity contribution in [3.8, 4) is 0 Å². The van der Waals surface area contributed by atoms with Crippen LogP contribution in [0, 0.1) is 5.41 Å². The molecule has 14 heteroatoms. The maximum Gasteiger partial charge on any atom is 0.330 e. The van der Waals surface area contributed by atoms with E-state index in [-0.39, 0.29) is 0 Å². The molecule has 0 aromatic rings. The first-order valence-corrected chi connectivity index (χ1v) is 5.18. The van der Waals surface area contributed by atoms with Crippen molar-refractivity contribution in [3.05, 3.63) is 31.3 Å². The second kappa shape index (κ2) is 8.45. The molecular formula is C7H11N9O5. The van der Waals surface area contributed by atoms with Gasteiger partial charge in [-0.15, -0.1) is 0 Å². The standard InChI is InChI=1S/C7H11N9O5/c8-14-11-7(12-15-9,13-16-10)5(20)21-4-6(1-17,2-18)3-19/h17-19H,1-4H2. The number of aliphatic hydroxyl groups is 3. The fourth-order valence-electron chi connectivity index (χ4n) is 0.972. The SMILES string of the molecule is [N-]=[N+]=NC(N=[N+]=[N-])(N=[N+]=[N-])C(=O)OCC(CO)(CO)CO. The van der Waals surface area contributed by atoms with Crippen LogP contribution >= 0.6 is 0 Å². The van der Waals surface area contributed by atoms with Crippen LogP contribution < -0.4 is 0 Å². The summed E-state index contributed by atoms with van der Waals surface area (Å²) in [6.45, 7) is -2.90. The van der Waals surface area contributed by atoms with Crippen LogP contribution in [0.5, 0.6) is 0 Å². The largest absolute Gasteiger partial charge is 0.464 e. The number of rotatable bonds is 9. The van der Waals surface area contributed by atoms with Gasteiger partial charge in [-0.3, -0.25) is 4.79 Å². The summed E-state index contributed by atoms with van der Waals surface area (Å²) in [4.78, 5) is 18.4. The number of hydrogen-bond acceptors (Lipinski definition) is 8. The van der Waals surface area contributed by atoms with Crippen LogP contribution in [0.1, 0.15) is 0 Å². The van der Waals surface area contributed by atoms with Gasteiger partial charge in [0.15, 0.2) is 0 Å². The fourth-order valence-corrected chi connectivity index (χ4v) is 0.972. The highest BCUT2D eigenvalue weighted by Gasteiger charge is 2.40. The second-order valence-electron chi connectivity index (χ2n) is 3.75. The zero-order chi connectivity index (χ0) is 16.4. The van der Waals surface area contributed by atoms with Crippen LogP contribution in [-0.2, 0) is 9.53 Å². The third-order valence-corrected chi connectivity index (χ3v) is 2.34. The number of carbonyl (C=O) groups is 1. The van der Waals surface area contributed by atoms with E-state index in [2.05, 4.69) is 34.8 Å². The van der Waals surface area contributed by atoms with Gasteiger partial charge in [0.1, 0.15) is 6.61 Å². The summed E-state index contributed by atoms with van der Waals surface area (Å²) in [6.07, 6.45) is 0. The van der Waals surface area contributed by atoms with E-state index in [0.717, 1.165) is 0 Å². The van der Waals surface area contributed by atoms with Gasteiger partial charge in [0.2, 0.25) is 0 Å². The van der Waals surface area contributed by atoms with Crippen molar-refractivity contribution in [1.29, 1.82) is 0 Å². The lowest BCUT2D eigenvalue weighted by Gasteiger charge is -2.27. The quantitative estimate of drug-likeness (QED) is 0.231. The van der Waals surface area contributed by atoms with E-state index in [9.17, 15) is 4.79 Å². The summed E-state index contributed by atoms with van der Waals surface area (Å²) >= 11 is 0. The van der Waals surface area contributed by atoms with Gasteiger partial charge in [0.05, 0.1) is 25.2 Å². The van der Waals surface area contributed by atoms with E-state index in [0.29, 0.717) is 0 Å². The van der Waals surface area contributed by atoms with Crippen LogP contribution in [0.25, 0.3) is 31.3 Å². The number of aliphatic hydroxyl groups excluding tert-OH is 3. The average Bonchev–Trinajstić information content (AvgIpc) is 2.49.